The quantitative estimate of drug-likeness (QED) is 0.434. The van der Waals surface area contributed by atoms with Crippen molar-refractivity contribution in [3.63, 3.8) is 0 Å². The number of hydrogen-bond donors (Lipinski definition) is 2. The van der Waals surface area contributed by atoms with E-state index in [9.17, 15) is 4.79 Å². The maximum absolute atomic E-state index is 11.7. The van der Waals surface area contributed by atoms with Crippen LogP contribution >= 0.6 is 11.3 Å². The smallest absolute Gasteiger partial charge is 0.275 e. The molecule has 2 rings (SSSR count). The zero-order chi connectivity index (χ0) is 14.5. The molecule has 1 amide bonds. The van der Waals surface area contributed by atoms with Gasteiger partial charge in [0.2, 0.25) is 0 Å². The first kappa shape index (κ1) is 15.4. The molecule has 20 heavy (non-hydrogen) atoms. The van der Waals surface area contributed by atoms with Crippen LogP contribution in [0.1, 0.15) is 35.0 Å². The van der Waals surface area contributed by atoms with Crippen LogP contribution < -0.4 is 11.3 Å². The Balaban J connectivity index is 2.06. The molecule has 6 heteroatoms. The Labute approximate surface area is 124 Å². The van der Waals surface area contributed by atoms with E-state index in [-0.39, 0.29) is 5.91 Å². The first-order valence-corrected chi connectivity index (χ1v) is 7.85. The fourth-order valence-electron chi connectivity index (χ4n) is 2.46. The normalized spacial score (nSPS) is 16.4. The van der Waals surface area contributed by atoms with Crippen LogP contribution in [0, 0.1) is 5.92 Å². The number of carbonyl (C=O) groups is 1. The standard InChI is InChI=1S/C14H23N3O2S/c1-10(11-3-4-11)17(6-7-19-2)9-12-5-8-20-13(12)14(18)16-15/h5,8,10-11H,3-4,6-7,9,15H2,1-2H3,(H,16,18). The van der Waals surface area contributed by atoms with Crippen molar-refractivity contribution in [3.8, 4) is 0 Å². The maximum Gasteiger partial charge on any atom is 0.275 e. The summed E-state index contributed by atoms with van der Waals surface area (Å²) in [4.78, 5) is 14.8. The predicted molar refractivity (Wildman–Crippen MR) is 80.4 cm³/mol. The fraction of sp³-hybridized carbons (Fsp3) is 0.643. The lowest BCUT2D eigenvalue weighted by atomic mass is 10.1. The van der Waals surface area contributed by atoms with E-state index in [2.05, 4.69) is 17.2 Å². The van der Waals surface area contributed by atoms with Gasteiger partial charge in [0.1, 0.15) is 0 Å². The summed E-state index contributed by atoms with van der Waals surface area (Å²) in [5.41, 5.74) is 3.26. The van der Waals surface area contributed by atoms with Crippen molar-refractivity contribution in [2.45, 2.75) is 32.4 Å². The van der Waals surface area contributed by atoms with Gasteiger partial charge in [-0.25, -0.2) is 5.84 Å². The second-order valence-corrected chi connectivity index (χ2v) is 6.21. The highest BCUT2D eigenvalue weighted by molar-refractivity contribution is 7.12. The number of amides is 1. The number of methoxy groups -OCH3 is 1. The summed E-state index contributed by atoms with van der Waals surface area (Å²) in [6.07, 6.45) is 2.62. The van der Waals surface area contributed by atoms with Gasteiger partial charge in [0.05, 0.1) is 11.5 Å². The summed E-state index contributed by atoms with van der Waals surface area (Å²) >= 11 is 1.43. The van der Waals surface area contributed by atoms with Gasteiger partial charge in [-0.15, -0.1) is 11.3 Å². The molecule has 1 heterocycles. The van der Waals surface area contributed by atoms with Gasteiger partial charge in [-0.1, -0.05) is 0 Å². The Kier molecular flexibility index (Phi) is 5.54. The van der Waals surface area contributed by atoms with Crippen LogP contribution in [0.25, 0.3) is 0 Å². The number of hydrazine groups is 1. The molecule has 1 atom stereocenters. The number of nitrogens with one attached hydrogen (secondary N) is 1. The third-order valence-corrected chi connectivity index (χ3v) is 4.88. The number of nitrogens with zero attached hydrogens (tertiary/aromatic N) is 1. The van der Waals surface area contributed by atoms with E-state index >= 15 is 0 Å². The molecule has 0 bridgehead atoms. The van der Waals surface area contributed by atoms with Gasteiger partial charge in [-0.2, -0.15) is 0 Å². The minimum atomic E-state index is -0.208. The SMILES string of the molecule is COCCN(Cc1ccsc1C(=O)NN)C(C)C1CC1. The lowest BCUT2D eigenvalue weighted by Crippen LogP contribution is -2.37. The van der Waals surface area contributed by atoms with E-state index in [1.807, 2.05) is 11.4 Å². The second kappa shape index (κ2) is 7.17. The summed E-state index contributed by atoms with van der Waals surface area (Å²) in [6, 6.07) is 2.54. The first-order valence-electron chi connectivity index (χ1n) is 6.97. The highest BCUT2D eigenvalue weighted by Crippen LogP contribution is 2.36. The van der Waals surface area contributed by atoms with Crippen molar-refractivity contribution in [1.82, 2.24) is 10.3 Å². The van der Waals surface area contributed by atoms with Crippen molar-refractivity contribution in [2.75, 3.05) is 20.3 Å². The molecule has 1 aromatic heterocycles. The summed E-state index contributed by atoms with van der Waals surface area (Å²) < 4.78 is 5.20. The molecule has 3 N–H and O–H groups in total. The van der Waals surface area contributed by atoms with Crippen LogP contribution in [0.5, 0.6) is 0 Å². The van der Waals surface area contributed by atoms with Crippen LogP contribution in [0.2, 0.25) is 0 Å². The lowest BCUT2D eigenvalue weighted by molar-refractivity contribution is 0.0950. The molecule has 1 aromatic rings. The zero-order valence-corrected chi connectivity index (χ0v) is 12.9. The van der Waals surface area contributed by atoms with Gasteiger partial charge in [0.15, 0.2) is 0 Å². The number of nitrogens with two attached hydrogens (primary N) is 1. The number of rotatable bonds is 8. The van der Waals surface area contributed by atoms with E-state index < -0.39 is 0 Å². The molecule has 1 aliphatic carbocycles. The van der Waals surface area contributed by atoms with Crippen LogP contribution in [-0.2, 0) is 11.3 Å². The van der Waals surface area contributed by atoms with Crippen molar-refractivity contribution >= 4 is 17.2 Å². The Bertz CT molecular complexity index is 445. The van der Waals surface area contributed by atoms with Crippen molar-refractivity contribution in [1.29, 1.82) is 0 Å². The number of ether oxygens (including phenoxy) is 1. The molecule has 5 nitrogen and oxygen atoms in total. The van der Waals surface area contributed by atoms with Gasteiger partial charge in [0.25, 0.3) is 5.91 Å². The summed E-state index contributed by atoms with van der Waals surface area (Å²) in [6.45, 7) is 4.63. The van der Waals surface area contributed by atoms with E-state index in [0.717, 1.165) is 24.6 Å². The molecule has 1 fully saturated rings. The van der Waals surface area contributed by atoms with Gasteiger partial charge in [0, 0.05) is 26.2 Å². The van der Waals surface area contributed by atoms with Crippen LogP contribution in [0.3, 0.4) is 0 Å². The Morgan fingerprint density at radius 2 is 2.40 bits per heavy atom. The number of nitrogen functional groups attached to an aromatic ring is 1. The highest BCUT2D eigenvalue weighted by Gasteiger charge is 2.32. The van der Waals surface area contributed by atoms with Gasteiger partial charge in [-0.05, 0) is 42.7 Å². The Hall–Kier alpha value is -0.950. The molecule has 112 valence electrons. The van der Waals surface area contributed by atoms with Crippen molar-refractivity contribution < 1.29 is 9.53 Å². The number of hydrogen-bond acceptors (Lipinski definition) is 5. The first-order chi connectivity index (χ1) is 9.67. The van der Waals surface area contributed by atoms with E-state index in [0.29, 0.717) is 17.5 Å². The molecule has 0 aromatic carbocycles. The van der Waals surface area contributed by atoms with E-state index in [4.69, 9.17) is 10.6 Å². The zero-order valence-electron chi connectivity index (χ0n) is 12.1. The minimum absolute atomic E-state index is 0.208. The molecule has 0 aliphatic heterocycles. The largest absolute Gasteiger partial charge is 0.383 e. The third kappa shape index (κ3) is 3.79. The molecule has 1 unspecified atom stereocenters. The fourth-order valence-corrected chi connectivity index (χ4v) is 3.27. The molecular weight excluding hydrogens is 274 g/mol. The second-order valence-electron chi connectivity index (χ2n) is 5.29. The summed E-state index contributed by atoms with van der Waals surface area (Å²) in [5, 5.41) is 1.94. The predicted octanol–water partition coefficient (Wildman–Crippen LogP) is 1.60. The average molecular weight is 297 g/mol. The lowest BCUT2D eigenvalue weighted by Gasteiger charge is -2.29. The van der Waals surface area contributed by atoms with Crippen LogP contribution in [-0.4, -0.2) is 37.1 Å². The average Bonchev–Trinajstić information content (AvgIpc) is 3.21. The third-order valence-electron chi connectivity index (χ3n) is 3.92. The summed E-state index contributed by atoms with van der Waals surface area (Å²) in [5.74, 6) is 5.82. The van der Waals surface area contributed by atoms with Crippen LogP contribution in [0.4, 0.5) is 0 Å². The van der Waals surface area contributed by atoms with Crippen LogP contribution in [0.15, 0.2) is 11.4 Å². The number of thiophene rings is 1. The Morgan fingerprint density at radius 1 is 1.65 bits per heavy atom. The molecular formula is C14H23N3O2S. The highest BCUT2D eigenvalue weighted by atomic mass is 32.1. The number of carbonyl (C=O) groups excluding carboxylic acids is 1. The minimum Gasteiger partial charge on any atom is -0.383 e. The van der Waals surface area contributed by atoms with E-state index in [1.165, 1.54) is 24.2 Å². The van der Waals surface area contributed by atoms with E-state index in [1.54, 1.807) is 7.11 Å². The summed E-state index contributed by atoms with van der Waals surface area (Å²) in [7, 11) is 1.72. The monoisotopic (exact) mass is 297 g/mol. The molecule has 1 saturated carbocycles. The van der Waals surface area contributed by atoms with Crippen molar-refractivity contribution in [3.05, 3.63) is 21.9 Å². The maximum atomic E-state index is 11.7. The van der Waals surface area contributed by atoms with Gasteiger partial charge < -0.3 is 4.74 Å². The van der Waals surface area contributed by atoms with Crippen molar-refractivity contribution in [2.24, 2.45) is 11.8 Å². The van der Waals surface area contributed by atoms with Gasteiger partial charge in [-0.3, -0.25) is 15.1 Å². The molecule has 0 radical (unpaired) electrons. The van der Waals surface area contributed by atoms with Gasteiger partial charge >= 0.3 is 0 Å². The molecule has 0 saturated heterocycles. The molecule has 1 aliphatic rings. The topological polar surface area (TPSA) is 67.6 Å². The molecule has 0 spiro atoms. The Morgan fingerprint density at radius 3 is 3.00 bits per heavy atom.